The number of nitrogens with zero attached hydrogens (tertiary/aromatic N) is 3. The molecule has 1 aliphatic heterocycles. The van der Waals surface area contributed by atoms with Crippen molar-refractivity contribution in [3.8, 4) is 11.3 Å². The fourth-order valence-corrected chi connectivity index (χ4v) is 4.44. The van der Waals surface area contributed by atoms with Crippen LogP contribution < -0.4 is 21.5 Å². The fourth-order valence-electron chi connectivity index (χ4n) is 4.44. The van der Waals surface area contributed by atoms with Gasteiger partial charge in [0.05, 0.1) is 23.8 Å². The highest BCUT2D eigenvalue weighted by molar-refractivity contribution is 5.95. The number of H-pyrrole nitrogens is 1. The summed E-state index contributed by atoms with van der Waals surface area (Å²) in [5.74, 6) is 0.987. The van der Waals surface area contributed by atoms with E-state index in [1.807, 2.05) is 31.2 Å². The second-order valence-corrected chi connectivity index (χ2v) is 8.81. The number of benzene rings is 1. The first-order valence-electron chi connectivity index (χ1n) is 11.4. The SMILES string of the molecule is Cc1cc(Nc2nc(-c3cnc(N)c(C)c3)cc3cc[nH]c(=O)c23)ccc1N1CCO[C@H](C)C1. The first-order chi connectivity index (χ1) is 16.4. The molecule has 1 aromatic carbocycles. The molecule has 1 aliphatic rings. The highest BCUT2D eigenvalue weighted by Gasteiger charge is 2.19. The van der Waals surface area contributed by atoms with Crippen LogP contribution in [-0.2, 0) is 4.74 Å². The summed E-state index contributed by atoms with van der Waals surface area (Å²) in [7, 11) is 0. The summed E-state index contributed by atoms with van der Waals surface area (Å²) in [6.07, 6.45) is 3.56. The second kappa shape index (κ2) is 8.79. The van der Waals surface area contributed by atoms with Crippen LogP contribution in [0, 0.1) is 13.8 Å². The van der Waals surface area contributed by atoms with Gasteiger partial charge >= 0.3 is 0 Å². The van der Waals surface area contributed by atoms with Crippen LogP contribution >= 0.6 is 0 Å². The zero-order chi connectivity index (χ0) is 23.8. The second-order valence-electron chi connectivity index (χ2n) is 8.81. The van der Waals surface area contributed by atoms with Crippen molar-refractivity contribution in [2.75, 3.05) is 35.6 Å². The van der Waals surface area contributed by atoms with E-state index in [0.717, 1.165) is 47.5 Å². The predicted molar refractivity (Wildman–Crippen MR) is 137 cm³/mol. The van der Waals surface area contributed by atoms with Crippen molar-refractivity contribution in [2.45, 2.75) is 26.9 Å². The minimum absolute atomic E-state index is 0.193. The molecule has 4 heterocycles. The van der Waals surface area contributed by atoms with Crippen molar-refractivity contribution in [2.24, 2.45) is 0 Å². The zero-order valence-electron chi connectivity index (χ0n) is 19.6. The van der Waals surface area contributed by atoms with E-state index in [0.29, 0.717) is 22.7 Å². The molecule has 1 fully saturated rings. The van der Waals surface area contributed by atoms with E-state index < -0.39 is 0 Å². The van der Waals surface area contributed by atoms with Gasteiger partial charge in [0.1, 0.15) is 11.6 Å². The Bertz CT molecular complexity index is 1430. The van der Waals surface area contributed by atoms with Crippen LogP contribution in [0.1, 0.15) is 18.1 Å². The van der Waals surface area contributed by atoms with Gasteiger partial charge in [-0.15, -0.1) is 0 Å². The predicted octanol–water partition coefficient (Wildman–Crippen LogP) is 4.15. The molecule has 8 heteroatoms. The maximum atomic E-state index is 12.7. The van der Waals surface area contributed by atoms with Crippen molar-refractivity contribution < 1.29 is 4.74 Å². The van der Waals surface area contributed by atoms with Crippen molar-refractivity contribution in [1.82, 2.24) is 15.0 Å². The number of morpholine rings is 1. The monoisotopic (exact) mass is 456 g/mol. The number of nitrogens with one attached hydrogen (secondary N) is 2. The minimum Gasteiger partial charge on any atom is -0.383 e. The van der Waals surface area contributed by atoms with E-state index in [-0.39, 0.29) is 11.7 Å². The summed E-state index contributed by atoms with van der Waals surface area (Å²) < 4.78 is 5.68. The number of pyridine rings is 3. The molecule has 5 rings (SSSR count). The van der Waals surface area contributed by atoms with E-state index in [9.17, 15) is 4.79 Å². The topological polar surface area (TPSA) is 109 Å². The van der Waals surface area contributed by atoms with Crippen LogP contribution in [0.3, 0.4) is 0 Å². The molecule has 34 heavy (non-hydrogen) atoms. The largest absolute Gasteiger partial charge is 0.383 e. The van der Waals surface area contributed by atoms with Gasteiger partial charge in [-0.1, -0.05) is 0 Å². The number of hydrogen-bond acceptors (Lipinski definition) is 7. The summed E-state index contributed by atoms with van der Waals surface area (Å²) in [5, 5.41) is 4.69. The molecule has 0 spiro atoms. The summed E-state index contributed by atoms with van der Waals surface area (Å²) in [5.41, 5.74) is 11.3. The van der Waals surface area contributed by atoms with Gasteiger partial charge in [-0.05, 0) is 73.7 Å². The Labute approximate surface area is 197 Å². The number of fused-ring (bicyclic) bond motifs is 1. The van der Waals surface area contributed by atoms with Gasteiger partial charge in [0.2, 0.25) is 0 Å². The van der Waals surface area contributed by atoms with E-state index >= 15 is 0 Å². The van der Waals surface area contributed by atoms with Crippen molar-refractivity contribution in [3.05, 3.63) is 70.3 Å². The molecule has 0 unspecified atom stereocenters. The first-order valence-corrected chi connectivity index (χ1v) is 11.4. The lowest BCUT2D eigenvalue weighted by Gasteiger charge is -2.34. The molecule has 1 atom stereocenters. The van der Waals surface area contributed by atoms with E-state index in [2.05, 4.69) is 46.2 Å². The molecule has 0 aliphatic carbocycles. The standard InChI is InChI=1S/C26H28N6O2/c1-15-11-20(4-5-22(15)32-8-9-34-17(3)14-32)30-25-23-18(6-7-28-26(23)33)12-21(31-25)19-10-16(2)24(27)29-13-19/h4-7,10-13,17H,8-9,14H2,1-3H3,(H2,27,29)(H,28,33)(H,30,31)/t17-/m1/s1. The molecule has 0 amide bonds. The van der Waals surface area contributed by atoms with Crippen LogP contribution in [0.25, 0.3) is 22.0 Å². The molecule has 1 saturated heterocycles. The summed E-state index contributed by atoms with van der Waals surface area (Å²) in [4.78, 5) is 26.9. The Morgan fingerprint density at radius 3 is 2.79 bits per heavy atom. The summed E-state index contributed by atoms with van der Waals surface area (Å²) in [6, 6.07) is 11.9. The number of nitrogen functional groups attached to an aromatic ring is 1. The number of aromatic amines is 1. The molecule has 4 aromatic rings. The maximum Gasteiger partial charge on any atom is 0.259 e. The van der Waals surface area contributed by atoms with Gasteiger partial charge in [0.25, 0.3) is 5.56 Å². The van der Waals surface area contributed by atoms with Crippen LogP contribution in [-0.4, -0.2) is 40.8 Å². The van der Waals surface area contributed by atoms with E-state index in [1.165, 1.54) is 5.69 Å². The maximum absolute atomic E-state index is 12.7. The lowest BCUT2D eigenvalue weighted by Crippen LogP contribution is -2.41. The van der Waals surface area contributed by atoms with E-state index in [4.69, 9.17) is 15.5 Å². The van der Waals surface area contributed by atoms with Crippen LogP contribution in [0.2, 0.25) is 0 Å². The average Bonchev–Trinajstić information content (AvgIpc) is 2.81. The summed E-state index contributed by atoms with van der Waals surface area (Å²) >= 11 is 0. The Hall–Kier alpha value is -3.91. The van der Waals surface area contributed by atoms with Crippen molar-refractivity contribution in [1.29, 1.82) is 0 Å². The van der Waals surface area contributed by atoms with Crippen molar-refractivity contribution >= 4 is 33.8 Å². The highest BCUT2D eigenvalue weighted by atomic mass is 16.5. The third kappa shape index (κ3) is 4.20. The highest BCUT2D eigenvalue weighted by Crippen LogP contribution is 2.31. The molecule has 0 radical (unpaired) electrons. The zero-order valence-corrected chi connectivity index (χ0v) is 19.6. The van der Waals surface area contributed by atoms with Crippen LogP contribution in [0.15, 0.2) is 53.6 Å². The molecule has 8 nitrogen and oxygen atoms in total. The van der Waals surface area contributed by atoms with E-state index in [1.54, 1.807) is 12.4 Å². The quantitative estimate of drug-likeness (QED) is 0.423. The van der Waals surface area contributed by atoms with Gasteiger partial charge < -0.3 is 25.7 Å². The smallest absolute Gasteiger partial charge is 0.259 e. The van der Waals surface area contributed by atoms with Gasteiger partial charge in [0.15, 0.2) is 0 Å². The van der Waals surface area contributed by atoms with Gasteiger partial charge in [-0.2, -0.15) is 0 Å². The van der Waals surface area contributed by atoms with Gasteiger partial charge in [-0.25, -0.2) is 9.97 Å². The number of rotatable bonds is 4. The number of aryl methyl sites for hydroxylation is 2. The number of anilines is 4. The Kier molecular flexibility index (Phi) is 5.67. The molecule has 0 saturated carbocycles. The lowest BCUT2D eigenvalue weighted by atomic mass is 10.1. The van der Waals surface area contributed by atoms with Crippen LogP contribution in [0.5, 0.6) is 0 Å². The molecule has 0 bridgehead atoms. The molecular formula is C26H28N6O2. The van der Waals surface area contributed by atoms with Crippen molar-refractivity contribution in [3.63, 3.8) is 0 Å². The number of nitrogens with two attached hydrogens (primary N) is 1. The normalized spacial score (nSPS) is 16.1. The number of ether oxygens (including phenoxy) is 1. The fraction of sp³-hybridized carbons (Fsp3) is 0.269. The first kappa shape index (κ1) is 21.9. The molecule has 4 N–H and O–H groups in total. The van der Waals surface area contributed by atoms with Crippen LogP contribution in [0.4, 0.5) is 23.0 Å². The Morgan fingerprint density at radius 2 is 2.03 bits per heavy atom. The minimum atomic E-state index is -0.193. The lowest BCUT2D eigenvalue weighted by molar-refractivity contribution is 0.0532. The number of aromatic nitrogens is 3. The van der Waals surface area contributed by atoms with Gasteiger partial charge in [-0.3, -0.25) is 4.79 Å². The molecule has 174 valence electrons. The van der Waals surface area contributed by atoms with Gasteiger partial charge in [0, 0.05) is 42.4 Å². The Morgan fingerprint density at radius 1 is 1.18 bits per heavy atom. The average molecular weight is 457 g/mol. The molecular weight excluding hydrogens is 428 g/mol. The third-order valence-corrected chi connectivity index (χ3v) is 6.21. The molecule has 3 aromatic heterocycles. The third-order valence-electron chi connectivity index (χ3n) is 6.21. The Balaban J connectivity index is 1.54. The summed E-state index contributed by atoms with van der Waals surface area (Å²) in [6.45, 7) is 8.57. The number of hydrogen-bond donors (Lipinski definition) is 3.